The average Bonchev–Trinajstić information content (AvgIpc) is 3.15. The third kappa shape index (κ3) is 6.45. The van der Waals surface area contributed by atoms with E-state index in [1.54, 1.807) is 19.9 Å². The second-order valence-electron chi connectivity index (χ2n) is 11.7. The van der Waals surface area contributed by atoms with Crippen LogP contribution in [0, 0.1) is 16.4 Å². The molecular weight excluding hydrogens is 627 g/mol. The van der Waals surface area contributed by atoms with E-state index in [2.05, 4.69) is 51.5 Å². The number of carboxylic acid groups (broad SMARTS) is 1. The number of hydrogen-bond donors (Lipinski definition) is 2. The lowest BCUT2D eigenvalue weighted by molar-refractivity contribution is -0.152. The summed E-state index contributed by atoms with van der Waals surface area (Å²) in [6.07, 6.45) is 4.43. The summed E-state index contributed by atoms with van der Waals surface area (Å²) < 4.78 is 9.33. The SMILES string of the molecule is Cc1c(Cc2cccc(OC(C)(C)C(=O)O)c2)c2ccc(C(=O)N[C@@H](C)c3cccc(I)c3)cc2n1CC1CCC1. The number of aromatic nitrogens is 1. The summed E-state index contributed by atoms with van der Waals surface area (Å²) in [7, 11) is 0. The second-order valence-corrected chi connectivity index (χ2v) is 12.9. The number of nitrogens with one attached hydrogen (secondary N) is 1. The molecule has 1 heterocycles. The minimum absolute atomic E-state index is 0.0836. The number of halogens is 1. The molecule has 0 unspecified atom stereocenters. The summed E-state index contributed by atoms with van der Waals surface area (Å²) in [6, 6.07) is 21.8. The van der Waals surface area contributed by atoms with Crippen molar-refractivity contribution < 1.29 is 19.4 Å². The van der Waals surface area contributed by atoms with Gasteiger partial charge in [-0.1, -0.05) is 36.8 Å². The molecule has 7 heteroatoms. The standard InChI is InChI=1S/C34H37IN2O4/c1-21(25-11-7-12-27(35)18-25)36-32(38)26-14-15-29-30(22(2)37(31(29)19-26)20-23-8-5-9-23)17-24-10-6-13-28(16-24)41-34(3,4)33(39)40/h6-7,10-16,18-19,21,23H,5,8-9,17,20H2,1-4H3,(H,36,38)(H,39,40)/t21-/m0/s1. The van der Waals surface area contributed by atoms with Gasteiger partial charge in [0.05, 0.1) is 6.04 Å². The Bertz CT molecular complexity index is 1600. The summed E-state index contributed by atoms with van der Waals surface area (Å²) in [4.78, 5) is 24.9. The number of carbonyl (C=O) groups excluding carboxylic acids is 1. The van der Waals surface area contributed by atoms with Gasteiger partial charge < -0.3 is 19.7 Å². The third-order valence-corrected chi connectivity index (χ3v) is 8.92. The Morgan fingerprint density at radius 2 is 1.85 bits per heavy atom. The number of hydrogen-bond acceptors (Lipinski definition) is 3. The summed E-state index contributed by atoms with van der Waals surface area (Å²) in [6.45, 7) is 8.23. The zero-order valence-electron chi connectivity index (χ0n) is 24.0. The van der Waals surface area contributed by atoms with Crippen LogP contribution in [-0.2, 0) is 17.8 Å². The van der Waals surface area contributed by atoms with E-state index in [1.807, 2.05) is 55.5 Å². The number of rotatable bonds is 10. The number of carboxylic acids is 1. The highest BCUT2D eigenvalue weighted by molar-refractivity contribution is 14.1. The first kappa shape index (κ1) is 29.2. The van der Waals surface area contributed by atoms with Gasteiger partial charge in [0.1, 0.15) is 5.75 Å². The number of carbonyl (C=O) groups is 2. The molecule has 41 heavy (non-hydrogen) atoms. The first-order valence-electron chi connectivity index (χ1n) is 14.2. The molecule has 214 valence electrons. The Labute approximate surface area is 255 Å². The Kier molecular flexibility index (Phi) is 8.45. The van der Waals surface area contributed by atoms with E-state index in [-0.39, 0.29) is 11.9 Å². The Balaban J connectivity index is 1.46. The van der Waals surface area contributed by atoms with Crippen molar-refractivity contribution in [1.82, 2.24) is 9.88 Å². The average molecular weight is 665 g/mol. The number of benzene rings is 3. The molecule has 1 aliphatic carbocycles. The van der Waals surface area contributed by atoms with E-state index in [0.717, 1.165) is 32.1 Å². The summed E-state index contributed by atoms with van der Waals surface area (Å²) in [5.74, 6) is 0.0995. The van der Waals surface area contributed by atoms with Crippen LogP contribution in [0.4, 0.5) is 0 Å². The molecule has 0 bridgehead atoms. The Morgan fingerprint density at radius 1 is 1.10 bits per heavy atom. The van der Waals surface area contributed by atoms with Crippen LogP contribution < -0.4 is 10.1 Å². The van der Waals surface area contributed by atoms with Gasteiger partial charge in [0, 0.05) is 32.3 Å². The van der Waals surface area contributed by atoms with Crippen LogP contribution in [0.2, 0.25) is 0 Å². The fraction of sp³-hybridized carbons (Fsp3) is 0.353. The van der Waals surface area contributed by atoms with Crippen molar-refractivity contribution in [3.05, 3.63) is 98.2 Å². The Morgan fingerprint density at radius 3 is 2.54 bits per heavy atom. The molecule has 0 saturated heterocycles. The minimum Gasteiger partial charge on any atom is -0.478 e. The van der Waals surface area contributed by atoms with Crippen LogP contribution in [0.15, 0.2) is 66.7 Å². The van der Waals surface area contributed by atoms with Crippen molar-refractivity contribution >= 4 is 45.4 Å². The predicted molar refractivity (Wildman–Crippen MR) is 171 cm³/mol. The summed E-state index contributed by atoms with van der Waals surface area (Å²) in [5, 5.41) is 13.8. The molecule has 5 rings (SSSR count). The largest absolute Gasteiger partial charge is 0.478 e. The highest BCUT2D eigenvalue weighted by Gasteiger charge is 2.29. The smallest absolute Gasteiger partial charge is 0.347 e. The lowest BCUT2D eigenvalue weighted by Gasteiger charge is -2.27. The molecule has 0 radical (unpaired) electrons. The van der Waals surface area contributed by atoms with Gasteiger partial charge in [-0.2, -0.15) is 0 Å². The van der Waals surface area contributed by atoms with Crippen LogP contribution in [0.1, 0.15) is 78.8 Å². The van der Waals surface area contributed by atoms with Gasteiger partial charge >= 0.3 is 5.97 Å². The van der Waals surface area contributed by atoms with Gasteiger partial charge in [-0.05, 0) is 129 Å². The van der Waals surface area contributed by atoms with Gasteiger partial charge in [0.25, 0.3) is 5.91 Å². The molecule has 1 atom stereocenters. The molecule has 2 N–H and O–H groups in total. The van der Waals surface area contributed by atoms with E-state index < -0.39 is 11.6 Å². The number of fused-ring (bicyclic) bond motifs is 1. The van der Waals surface area contributed by atoms with Crippen LogP contribution in [0.5, 0.6) is 5.75 Å². The highest BCUT2D eigenvalue weighted by atomic mass is 127. The minimum atomic E-state index is -1.32. The van der Waals surface area contributed by atoms with Crippen LogP contribution >= 0.6 is 22.6 Å². The third-order valence-electron chi connectivity index (χ3n) is 8.25. The lowest BCUT2D eigenvalue weighted by atomic mass is 9.85. The van der Waals surface area contributed by atoms with E-state index in [9.17, 15) is 14.7 Å². The monoisotopic (exact) mass is 664 g/mol. The first-order valence-corrected chi connectivity index (χ1v) is 15.3. The molecule has 1 aromatic heterocycles. The van der Waals surface area contributed by atoms with Crippen molar-refractivity contribution in [2.45, 2.75) is 71.6 Å². The topological polar surface area (TPSA) is 80.6 Å². The number of aliphatic carboxylic acids is 1. The number of ether oxygens (including phenoxy) is 1. The molecule has 3 aromatic carbocycles. The number of nitrogens with zero attached hydrogens (tertiary/aromatic N) is 1. The first-order chi connectivity index (χ1) is 19.5. The fourth-order valence-corrected chi connectivity index (χ4v) is 6.05. The normalized spacial score (nSPS) is 14.5. The van der Waals surface area contributed by atoms with Crippen LogP contribution in [0.25, 0.3) is 10.9 Å². The molecule has 4 aromatic rings. The predicted octanol–water partition coefficient (Wildman–Crippen LogP) is 7.68. The zero-order chi connectivity index (χ0) is 29.3. The van der Waals surface area contributed by atoms with Gasteiger partial charge in [-0.25, -0.2) is 4.79 Å². The molecule has 0 spiro atoms. The second kappa shape index (κ2) is 11.9. The zero-order valence-corrected chi connectivity index (χ0v) is 26.2. The van der Waals surface area contributed by atoms with Crippen molar-refractivity contribution in [3.63, 3.8) is 0 Å². The molecule has 0 aliphatic heterocycles. The van der Waals surface area contributed by atoms with E-state index in [0.29, 0.717) is 23.7 Å². The van der Waals surface area contributed by atoms with Crippen molar-refractivity contribution in [3.8, 4) is 5.75 Å². The molecule has 1 fully saturated rings. The quantitative estimate of drug-likeness (QED) is 0.171. The van der Waals surface area contributed by atoms with Gasteiger partial charge in [0.15, 0.2) is 5.60 Å². The molecule has 6 nitrogen and oxygen atoms in total. The van der Waals surface area contributed by atoms with Gasteiger partial charge in [0.2, 0.25) is 0 Å². The van der Waals surface area contributed by atoms with Crippen LogP contribution in [-0.4, -0.2) is 27.2 Å². The van der Waals surface area contributed by atoms with Crippen molar-refractivity contribution in [1.29, 1.82) is 0 Å². The van der Waals surface area contributed by atoms with Crippen LogP contribution in [0.3, 0.4) is 0 Å². The number of amides is 1. The van der Waals surface area contributed by atoms with Crippen molar-refractivity contribution in [2.24, 2.45) is 5.92 Å². The van der Waals surface area contributed by atoms with E-state index in [1.165, 1.54) is 30.5 Å². The molecule has 1 saturated carbocycles. The molecular formula is C34H37IN2O4. The van der Waals surface area contributed by atoms with E-state index in [4.69, 9.17) is 4.74 Å². The highest BCUT2D eigenvalue weighted by Crippen LogP contribution is 2.35. The van der Waals surface area contributed by atoms with Gasteiger partial charge in [-0.3, -0.25) is 4.79 Å². The maximum absolute atomic E-state index is 13.4. The summed E-state index contributed by atoms with van der Waals surface area (Å²) >= 11 is 2.29. The lowest BCUT2D eigenvalue weighted by Crippen LogP contribution is -2.37. The maximum atomic E-state index is 13.4. The fourth-order valence-electron chi connectivity index (χ4n) is 5.48. The van der Waals surface area contributed by atoms with Crippen molar-refractivity contribution in [2.75, 3.05) is 0 Å². The molecule has 1 amide bonds. The van der Waals surface area contributed by atoms with E-state index >= 15 is 0 Å². The maximum Gasteiger partial charge on any atom is 0.347 e. The Hall–Kier alpha value is -3.33. The summed E-state index contributed by atoms with van der Waals surface area (Å²) in [5.41, 5.74) is 4.96. The molecule has 1 aliphatic rings. The van der Waals surface area contributed by atoms with Gasteiger partial charge in [-0.15, -0.1) is 0 Å².